The number of aromatic nitrogens is 2. The fourth-order valence-electron chi connectivity index (χ4n) is 6.08. The van der Waals surface area contributed by atoms with Gasteiger partial charge in [-0.05, 0) is 58.7 Å². The van der Waals surface area contributed by atoms with E-state index in [1.54, 1.807) is 0 Å². The Labute approximate surface area is 220 Å². The summed E-state index contributed by atoms with van der Waals surface area (Å²) in [4.78, 5) is 3.62. The van der Waals surface area contributed by atoms with Crippen LogP contribution in [0, 0.1) is 0 Å². The van der Waals surface area contributed by atoms with Gasteiger partial charge in [0.2, 0.25) is 0 Å². The number of hydrogen-bond acceptors (Lipinski definition) is 0. The zero-order chi connectivity index (χ0) is 25.1. The molecule has 0 aliphatic rings. The third kappa shape index (κ3) is 3.07. The molecule has 0 amide bonds. The average Bonchev–Trinajstić information content (AvgIpc) is 3.53. The molecule has 0 aliphatic carbocycles. The van der Waals surface area contributed by atoms with Gasteiger partial charge < -0.3 is 9.55 Å². The number of para-hydroxylation sites is 2. The Bertz CT molecular complexity index is 2110. The largest absolute Gasteiger partial charge is 0.354 e. The molecule has 8 rings (SSSR count). The predicted octanol–water partition coefficient (Wildman–Crippen LogP) is 9.75. The lowest BCUT2D eigenvalue weighted by molar-refractivity contribution is 1.18. The van der Waals surface area contributed by atoms with Gasteiger partial charge in [-0.1, -0.05) is 103 Å². The summed E-state index contributed by atoms with van der Waals surface area (Å²) in [6.07, 6.45) is 0. The Morgan fingerprint density at radius 3 is 1.95 bits per heavy atom. The zero-order valence-electron chi connectivity index (χ0n) is 20.7. The monoisotopic (exact) mass is 484 g/mol. The Morgan fingerprint density at radius 2 is 1.11 bits per heavy atom. The second-order valence-electron chi connectivity index (χ2n) is 9.87. The molecule has 2 aromatic heterocycles. The maximum Gasteiger partial charge on any atom is 0.0547 e. The van der Waals surface area contributed by atoms with Crippen molar-refractivity contribution in [2.24, 2.45) is 0 Å². The van der Waals surface area contributed by atoms with Crippen LogP contribution in [-0.2, 0) is 0 Å². The van der Waals surface area contributed by atoms with Crippen LogP contribution in [0.3, 0.4) is 0 Å². The number of nitrogens with one attached hydrogen (secondary N) is 1. The maximum absolute atomic E-state index is 3.62. The van der Waals surface area contributed by atoms with Gasteiger partial charge in [-0.2, -0.15) is 0 Å². The Balaban J connectivity index is 1.51. The Morgan fingerprint density at radius 1 is 0.421 bits per heavy atom. The third-order valence-corrected chi connectivity index (χ3v) is 7.73. The molecule has 0 saturated carbocycles. The minimum absolute atomic E-state index is 1.17. The van der Waals surface area contributed by atoms with Gasteiger partial charge in [-0.25, -0.2) is 0 Å². The number of fused-ring (bicyclic) bond motifs is 6. The summed E-state index contributed by atoms with van der Waals surface area (Å²) >= 11 is 0. The third-order valence-electron chi connectivity index (χ3n) is 7.73. The molecule has 0 fully saturated rings. The van der Waals surface area contributed by atoms with Crippen molar-refractivity contribution >= 4 is 43.6 Å². The lowest BCUT2D eigenvalue weighted by Crippen LogP contribution is -1.93. The standard InChI is InChI=1S/C36H24N2/c1-3-11-24(12-4-1)25-21-22-30-34(23-25)38(26-13-5-2-6-14-26)33-20-10-17-28(36(30)33)27-16-9-19-32-35(27)29-15-7-8-18-31(29)37-32/h1-23,37H. The van der Waals surface area contributed by atoms with E-state index >= 15 is 0 Å². The van der Waals surface area contributed by atoms with Crippen LogP contribution in [0.2, 0.25) is 0 Å². The van der Waals surface area contributed by atoms with Crippen molar-refractivity contribution in [3.05, 3.63) is 140 Å². The van der Waals surface area contributed by atoms with Crippen LogP contribution in [0.25, 0.3) is 71.6 Å². The highest BCUT2D eigenvalue weighted by Gasteiger charge is 2.19. The van der Waals surface area contributed by atoms with Crippen molar-refractivity contribution in [3.63, 3.8) is 0 Å². The average molecular weight is 485 g/mol. The molecule has 0 saturated heterocycles. The first-order valence-electron chi connectivity index (χ1n) is 13.0. The van der Waals surface area contributed by atoms with Crippen LogP contribution < -0.4 is 0 Å². The van der Waals surface area contributed by atoms with Crippen molar-refractivity contribution in [2.75, 3.05) is 0 Å². The molecule has 6 aromatic carbocycles. The summed E-state index contributed by atoms with van der Waals surface area (Å²) < 4.78 is 2.41. The summed E-state index contributed by atoms with van der Waals surface area (Å²) in [6.45, 7) is 0. The van der Waals surface area contributed by atoms with Gasteiger partial charge in [0.25, 0.3) is 0 Å². The molecule has 0 spiro atoms. The van der Waals surface area contributed by atoms with E-state index in [0.717, 1.165) is 0 Å². The van der Waals surface area contributed by atoms with Crippen molar-refractivity contribution in [1.82, 2.24) is 9.55 Å². The van der Waals surface area contributed by atoms with Crippen LogP contribution in [0.1, 0.15) is 0 Å². The molecule has 8 aromatic rings. The van der Waals surface area contributed by atoms with Gasteiger partial charge in [0, 0.05) is 38.3 Å². The van der Waals surface area contributed by atoms with E-state index in [0.29, 0.717) is 0 Å². The van der Waals surface area contributed by atoms with Crippen molar-refractivity contribution in [1.29, 1.82) is 0 Å². The zero-order valence-corrected chi connectivity index (χ0v) is 20.7. The van der Waals surface area contributed by atoms with Gasteiger partial charge >= 0.3 is 0 Å². The van der Waals surface area contributed by atoms with E-state index in [1.807, 2.05) is 0 Å². The van der Waals surface area contributed by atoms with Crippen LogP contribution in [-0.4, -0.2) is 9.55 Å². The highest BCUT2D eigenvalue weighted by atomic mass is 15.0. The molecular weight excluding hydrogens is 460 g/mol. The van der Waals surface area contributed by atoms with Crippen LogP contribution in [0.15, 0.2) is 140 Å². The van der Waals surface area contributed by atoms with E-state index < -0.39 is 0 Å². The van der Waals surface area contributed by atoms with Crippen LogP contribution in [0.5, 0.6) is 0 Å². The summed E-state index contributed by atoms with van der Waals surface area (Å²) in [5.41, 5.74) is 10.9. The van der Waals surface area contributed by atoms with Gasteiger partial charge in [-0.3, -0.25) is 0 Å². The fraction of sp³-hybridized carbons (Fsp3) is 0. The number of rotatable bonds is 3. The van der Waals surface area contributed by atoms with Gasteiger partial charge in [0.1, 0.15) is 0 Å². The molecule has 0 bridgehead atoms. The lowest BCUT2D eigenvalue weighted by atomic mass is 9.95. The first-order valence-corrected chi connectivity index (χ1v) is 13.0. The highest BCUT2D eigenvalue weighted by molar-refractivity contribution is 6.21. The number of hydrogen-bond donors (Lipinski definition) is 1. The van der Waals surface area contributed by atoms with Crippen molar-refractivity contribution < 1.29 is 0 Å². The quantitative estimate of drug-likeness (QED) is 0.258. The number of H-pyrrole nitrogens is 1. The number of nitrogens with zero attached hydrogens (tertiary/aromatic N) is 1. The van der Waals surface area contributed by atoms with Crippen LogP contribution >= 0.6 is 0 Å². The predicted molar refractivity (Wildman–Crippen MR) is 161 cm³/mol. The van der Waals surface area contributed by atoms with Gasteiger partial charge in [-0.15, -0.1) is 0 Å². The highest BCUT2D eigenvalue weighted by Crippen LogP contribution is 2.43. The van der Waals surface area contributed by atoms with E-state index in [9.17, 15) is 0 Å². The second kappa shape index (κ2) is 8.22. The molecule has 2 heterocycles. The summed E-state index contributed by atoms with van der Waals surface area (Å²) in [6, 6.07) is 50.2. The van der Waals surface area contributed by atoms with E-state index in [4.69, 9.17) is 0 Å². The van der Waals surface area contributed by atoms with E-state index in [1.165, 1.54) is 71.6 Å². The first kappa shape index (κ1) is 21.0. The molecule has 0 aliphatic heterocycles. The van der Waals surface area contributed by atoms with E-state index in [-0.39, 0.29) is 0 Å². The number of benzene rings is 6. The second-order valence-corrected chi connectivity index (χ2v) is 9.87. The molecule has 38 heavy (non-hydrogen) atoms. The smallest absolute Gasteiger partial charge is 0.0547 e. The minimum Gasteiger partial charge on any atom is -0.354 e. The first-order chi connectivity index (χ1) is 18.9. The summed E-state index contributed by atoms with van der Waals surface area (Å²) in [5, 5.41) is 5.07. The fourth-order valence-corrected chi connectivity index (χ4v) is 6.08. The molecule has 1 N–H and O–H groups in total. The normalized spacial score (nSPS) is 11.7. The molecule has 0 atom stereocenters. The number of aromatic amines is 1. The van der Waals surface area contributed by atoms with Gasteiger partial charge in [0.05, 0.1) is 11.0 Å². The van der Waals surface area contributed by atoms with Gasteiger partial charge in [0.15, 0.2) is 0 Å². The molecule has 2 heteroatoms. The molecular formula is C36H24N2. The van der Waals surface area contributed by atoms with E-state index in [2.05, 4.69) is 149 Å². The SMILES string of the molecule is c1ccc(-c2ccc3c4c(-c5cccc6[nH]c7ccccc7c56)cccc4n(-c4ccccc4)c3c2)cc1. The molecule has 2 nitrogen and oxygen atoms in total. The summed E-state index contributed by atoms with van der Waals surface area (Å²) in [7, 11) is 0. The Hall–Kier alpha value is -5.08. The Kier molecular flexibility index (Phi) is 4.55. The topological polar surface area (TPSA) is 20.7 Å². The minimum atomic E-state index is 1.17. The summed E-state index contributed by atoms with van der Waals surface area (Å²) in [5.74, 6) is 0. The molecule has 0 unspecified atom stereocenters. The van der Waals surface area contributed by atoms with Crippen LogP contribution in [0.4, 0.5) is 0 Å². The molecule has 0 radical (unpaired) electrons. The van der Waals surface area contributed by atoms with Crippen molar-refractivity contribution in [2.45, 2.75) is 0 Å². The molecule has 178 valence electrons. The van der Waals surface area contributed by atoms with Crippen molar-refractivity contribution in [3.8, 4) is 27.9 Å². The maximum atomic E-state index is 3.62. The lowest BCUT2D eigenvalue weighted by Gasteiger charge is -2.10.